The van der Waals surface area contributed by atoms with Gasteiger partial charge in [0.1, 0.15) is 5.01 Å². The lowest BCUT2D eigenvalue weighted by Gasteiger charge is -1.88. The topological polar surface area (TPSA) is 42.0 Å². The first kappa shape index (κ1) is 7.37. The fraction of sp³-hybridized carbons (Fsp3) is 0.333. The first-order valence-corrected chi connectivity index (χ1v) is 3.73. The maximum absolute atomic E-state index is 10.2. The summed E-state index contributed by atoms with van der Waals surface area (Å²) in [6.45, 7) is 0.735. The van der Waals surface area contributed by atoms with Crippen LogP contribution < -0.4 is 5.32 Å². The van der Waals surface area contributed by atoms with Crippen molar-refractivity contribution in [1.29, 1.82) is 0 Å². The molecule has 1 heterocycles. The molecular weight excluding hydrogens is 148 g/mol. The zero-order valence-electron chi connectivity index (χ0n) is 5.63. The molecule has 1 rings (SSSR count). The molecule has 0 unspecified atom stereocenters. The molecule has 0 saturated heterocycles. The summed E-state index contributed by atoms with van der Waals surface area (Å²) < 4.78 is 0. The average molecular weight is 156 g/mol. The van der Waals surface area contributed by atoms with Crippen LogP contribution in [0.15, 0.2) is 6.20 Å². The van der Waals surface area contributed by atoms with Crippen molar-refractivity contribution in [2.45, 2.75) is 6.54 Å². The fourth-order valence-corrected chi connectivity index (χ4v) is 1.36. The zero-order valence-corrected chi connectivity index (χ0v) is 6.44. The van der Waals surface area contributed by atoms with Gasteiger partial charge in [-0.15, -0.1) is 11.3 Å². The van der Waals surface area contributed by atoms with Crippen LogP contribution >= 0.6 is 11.3 Å². The summed E-state index contributed by atoms with van der Waals surface area (Å²) in [6.07, 6.45) is 2.40. The third-order valence-corrected chi connectivity index (χ3v) is 1.94. The van der Waals surface area contributed by atoms with Crippen molar-refractivity contribution < 1.29 is 4.79 Å². The Labute approximate surface area is 63.1 Å². The Bertz CT molecular complexity index is 221. The van der Waals surface area contributed by atoms with Gasteiger partial charge in [-0.2, -0.15) is 0 Å². The van der Waals surface area contributed by atoms with E-state index in [0.717, 1.165) is 17.8 Å². The minimum absolute atomic E-state index is 0.685. The Morgan fingerprint density at radius 2 is 2.70 bits per heavy atom. The summed E-state index contributed by atoms with van der Waals surface area (Å²) in [4.78, 5) is 14.9. The van der Waals surface area contributed by atoms with Gasteiger partial charge in [0.05, 0.1) is 4.88 Å². The molecule has 0 radical (unpaired) electrons. The highest BCUT2D eigenvalue weighted by Gasteiger charge is 1.97. The molecule has 1 aromatic rings. The van der Waals surface area contributed by atoms with Crippen molar-refractivity contribution in [3.63, 3.8) is 0 Å². The van der Waals surface area contributed by atoms with E-state index in [4.69, 9.17) is 0 Å². The van der Waals surface area contributed by atoms with Crippen molar-refractivity contribution in [3.8, 4) is 0 Å². The van der Waals surface area contributed by atoms with Crippen molar-refractivity contribution in [2.24, 2.45) is 0 Å². The van der Waals surface area contributed by atoms with Crippen molar-refractivity contribution in [2.75, 3.05) is 7.05 Å². The van der Waals surface area contributed by atoms with Crippen molar-refractivity contribution in [1.82, 2.24) is 10.3 Å². The Morgan fingerprint density at radius 1 is 1.90 bits per heavy atom. The van der Waals surface area contributed by atoms with Gasteiger partial charge in [0, 0.05) is 12.7 Å². The van der Waals surface area contributed by atoms with Gasteiger partial charge in [-0.05, 0) is 7.05 Å². The second kappa shape index (κ2) is 3.43. The van der Waals surface area contributed by atoms with Gasteiger partial charge in [-0.1, -0.05) is 0 Å². The Kier molecular flexibility index (Phi) is 2.53. The molecule has 0 saturated carbocycles. The number of carbonyl (C=O) groups is 1. The van der Waals surface area contributed by atoms with E-state index in [2.05, 4.69) is 10.3 Å². The van der Waals surface area contributed by atoms with E-state index in [-0.39, 0.29) is 0 Å². The SMILES string of the molecule is CNCc1ncc(C=O)s1. The molecule has 3 nitrogen and oxygen atoms in total. The molecule has 10 heavy (non-hydrogen) atoms. The molecule has 1 aromatic heterocycles. The van der Waals surface area contributed by atoms with Crippen LogP contribution in [0.4, 0.5) is 0 Å². The number of hydrogen-bond acceptors (Lipinski definition) is 4. The van der Waals surface area contributed by atoms with Crippen molar-refractivity contribution in [3.05, 3.63) is 16.1 Å². The molecule has 0 bridgehead atoms. The lowest BCUT2D eigenvalue weighted by molar-refractivity contribution is 0.112. The third kappa shape index (κ3) is 1.62. The number of thiazole rings is 1. The van der Waals surface area contributed by atoms with Crippen molar-refractivity contribution >= 4 is 17.6 Å². The second-order valence-corrected chi connectivity index (χ2v) is 2.95. The number of aromatic nitrogens is 1. The molecular formula is C6H8N2OS. The zero-order chi connectivity index (χ0) is 7.40. The molecule has 0 aliphatic carbocycles. The Hall–Kier alpha value is -0.740. The van der Waals surface area contributed by atoms with Crippen LogP contribution in [-0.4, -0.2) is 18.3 Å². The standard InChI is InChI=1S/C6H8N2OS/c1-7-3-6-8-2-5(4-9)10-6/h2,4,7H,3H2,1H3. The minimum atomic E-state index is 0.685. The largest absolute Gasteiger partial charge is 0.314 e. The highest BCUT2D eigenvalue weighted by molar-refractivity contribution is 7.13. The Balaban J connectivity index is 2.68. The van der Waals surface area contributed by atoms with Crippen LogP contribution in [0, 0.1) is 0 Å². The quantitative estimate of drug-likeness (QED) is 0.654. The molecule has 0 aliphatic rings. The van der Waals surface area contributed by atoms with Gasteiger partial charge in [0.25, 0.3) is 0 Å². The van der Waals surface area contributed by atoms with Crippen LogP contribution in [0.1, 0.15) is 14.7 Å². The maximum Gasteiger partial charge on any atom is 0.161 e. The summed E-state index contributed by atoms with van der Waals surface area (Å²) in [5.74, 6) is 0. The van der Waals surface area contributed by atoms with Gasteiger partial charge >= 0.3 is 0 Å². The van der Waals surface area contributed by atoms with Crippen LogP contribution in [-0.2, 0) is 6.54 Å². The van der Waals surface area contributed by atoms with E-state index >= 15 is 0 Å². The van der Waals surface area contributed by atoms with Crippen LogP contribution in [0.3, 0.4) is 0 Å². The van der Waals surface area contributed by atoms with Gasteiger partial charge in [0.15, 0.2) is 6.29 Å². The van der Waals surface area contributed by atoms with E-state index in [9.17, 15) is 4.79 Å². The molecule has 0 aromatic carbocycles. The average Bonchev–Trinajstić information content (AvgIpc) is 2.37. The number of rotatable bonds is 3. The van der Waals surface area contributed by atoms with Crippen LogP contribution in [0.25, 0.3) is 0 Å². The number of hydrogen-bond donors (Lipinski definition) is 1. The minimum Gasteiger partial charge on any atom is -0.314 e. The highest BCUT2D eigenvalue weighted by atomic mass is 32.1. The van der Waals surface area contributed by atoms with Gasteiger partial charge in [0.2, 0.25) is 0 Å². The first-order valence-electron chi connectivity index (χ1n) is 2.91. The lowest BCUT2D eigenvalue weighted by Crippen LogP contribution is -2.03. The van der Waals surface area contributed by atoms with E-state index in [1.54, 1.807) is 6.20 Å². The summed E-state index contributed by atoms with van der Waals surface area (Å²) in [6, 6.07) is 0. The monoisotopic (exact) mass is 156 g/mol. The number of nitrogens with zero attached hydrogens (tertiary/aromatic N) is 1. The van der Waals surface area contributed by atoms with E-state index in [1.807, 2.05) is 7.05 Å². The summed E-state index contributed by atoms with van der Waals surface area (Å²) in [5.41, 5.74) is 0. The number of aldehydes is 1. The molecule has 4 heteroatoms. The fourth-order valence-electron chi connectivity index (χ4n) is 0.612. The number of carbonyl (C=O) groups excluding carboxylic acids is 1. The van der Waals surface area contributed by atoms with Gasteiger partial charge < -0.3 is 5.32 Å². The summed E-state index contributed by atoms with van der Waals surface area (Å²) in [7, 11) is 1.85. The van der Waals surface area contributed by atoms with E-state index in [1.165, 1.54) is 11.3 Å². The number of nitrogens with one attached hydrogen (secondary N) is 1. The van der Waals surface area contributed by atoms with Crippen LogP contribution in [0.5, 0.6) is 0 Å². The summed E-state index contributed by atoms with van der Waals surface area (Å²) >= 11 is 1.42. The molecule has 0 atom stereocenters. The molecule has 0 amide bonds. The molecule has 0 aliphatic heterocycles. The van der Waals surface area contributed by atoms with E-state index < -0.39 is 0 Å². The lowest BCUT2D eigenvalue weighted by atomic mass is 10.6. The van der Waals surface area contributed by atoms with Crippen LogP contribution in [0.2, 0.25) is 0 Å². The molecule has 0 fully saturated rings. The van der Waals surface area contributed by atoms with E-state index in [0.29, 0.717) is 4.88 Å². The maximum atomic E-state index is 10.2. The molecule has 54 valence electrons. The first-order chi connectivity index (χ1) is 4.86. The second-order valence-electron chi connectivity index (χ2n) is 1.80. The normalized spacial score (nSPS) is 9.70. The highest BCUT2D eigenvalue weighted by Crippen LogP contribution is 2.09. The van der Waals surface area contributed by atoms with Gasteiger partial charge in [-0.25, -0.2) is 4.98 Å². The molecule has 0 spiro atoms. The predicted octanol–water partition coefficient (Wildman–Crippen LogP) is 0.675. The Morgan fingerprint density at radius 3 is 3.20 bits per heavy atom. The van der Waals surface area contributed by atoms with Gasteiger partial charge in [-0.3, -0.25) is 4.79 Å². The molecule has 1 N–H and O–H groups in total. The smallest absolute Gasteiger partial charge is 0.161 e. The third-order valence-electron chi connectivity index (χ3n) is 1.02. The predicted molar refractivity (Wildman–Crippen MR) is 40.3 cm³/mol. The summed E-state index contributed by atoms with van der Waals surface area (Å²) in [5, 5.41) is 3.90.